The Morgan fingerprint density at radius 1 is 1.33 bits per heavy atom. The first-order chi connectivity index (χ1) is 9.85. The highest BCUT2D eigenvalue weighted by molar-refractivity contribution is 7.92. The minimum Gasteiger partial charge on any atom is -0.365 e. The van der Waals surface area contributed by atoms with Crippen LogP contribution in [-0.2, 0) is 14.8 Å². The number of fused-ring (bicyclic) bond motifs is 1. The van der Waals surface area contributed by atoms with Gasteiger partial charge in [0.1, 0.15) is 4.21 Å². The Hall–Kier alpha value is -1.41. The lowest BCUT2D eigenvalue weighted by Crippen LogP contribution is -2.38. The molecule has 1 heterocycles. The number of hydrogen-bond acceptors (Lipinski definition) is 5. The Kier molecular flexibility index (Phi) is 3.32. The summed E-state index contributed by atoms with van der Waals surface area (Å²) in [6, 6.07) is 2.65. The molecule has 0 spiro atoms. The van der Waals surface area contributed by atoms with Crippen molar-refractivity contribution in [1.82, 2.24) is 4.72 Å². The van der Waals surface area contributed by atoms with Gasteiger partial charge in [0.05, 0.1) is 10.3 Å². The molecule has 2 fully saturated rings. The number of amides is 2. The first kappa shape index (κ1) is 14.5. The smallest absolute Gasteiger partial charge is 0.273 e. The molecule has 3 N–H and O–H groups in total. The molecule has 2 aliphatic carbocycles. The van der Waals surface area contributed by atoms with E-state index in [2.05, 4.69) is 4.72 Å². The highest BCUT2D eigenvalue weighted by Gasteiger charge is 2.60. The number of sulfonamides is 1. The molecule has 6 nitrogen and oxygen atoms in total. The first-order valence-corrected chi connectivity index (χ1v) is 9.12. The van der Waals surface area contributed by atoms with Crippen molar-refractivity contribution in [2.45, 2.75) is 36.3 Å². The molecule has 114 valence electrons. The zero-order valence-corrected chi connectivity index (χ0v) is 12.9. The van der Waals surface area contributed by atoms with Gasteiger partial charge in [-0.2, -0.15) is 0 Å². The van der Waals surface area contributed by atoms with Crippen molar-refractivity contribution in [3.05, 3.63) is 17.0 Å². The fraction of sp³-hybridized carbons (Fsp3) is 0.538. The van der Waals surface area contributed by atoms with Crippen LogP contribution < -0.4 is 10.5 Å². The Bertz CT molecular complexity index is 710. The van der Waals surface area contributed by atoms with Crippen LogP contribution in [0.5, 0.6) is 0 Å². The maximum Gasteiger partial charge on any atom is 0.273 e. The number of hydrogen-bond donors (Lipinski definition) is 2. The molecule has 2 atom stereocenters. The lowest BCUT2D eigenvalue weighted by atomic mass is 9.88. The van der Waals surface area contributed by atoms with E-state index in [1.54, 1.807) is 0 Å². The minimum absolute atomic E-state index is 0.0611. The summed E-state index contributed by atoms with van der Waals surface area (Å²) in [4.78, 5) is 23.5. The van der Waals surface area contributed by atoms with Gasteiger partial charge in [0.15, 0.2) is 0 Å². The summed E-state index contributed by atoms with van der Waals surface area (Å²) in [7, 11) is -3.92. The summed E-state index contributed by atoms with van der Waals surface area (Å²) >= 11 is 0.772. The van der Waals surface area contributed by atoms with E-state index in [-0.39, 0.29) is 9.09 Å². The summed E-state index contributed by atoms with van der Waals surface area (Å²) in [5.41, 5.74) is 4.63. The molecule has 2 unspecified atom stereocenters. The van der Waals surface area contributed by atoms with Crippen LogP contribution in [0, 0.1) is 11.3 Å². The number of thiophene rings is 1. The minimum atomic E-state index is -3.92. The van der Waals surface area contributed by atoms with E-state index in [1.807, 2.05) is 0 Å². The van der Waals surface area contributed by atoms with E-state index >= 15 is 0 Å². The third kappa shape index (κ3) is 2.46. The van der Waals surface area contributed by atoms with Crippen molar-refractivity contribution in [1.29, 1.82) is 0 Å². The Labute approximate surface area is 126 Å². The van der Waals surface area contributed by atoms with Crippen LogP contribution in [0.25, 0.3) is 0 Å². The quantitative estimate of drug-likeness (QED) is 0.867. The van der Waals surface area contributed by atoms with Crippen LogP contribution >= 0.6 is 11.3 Å². The van der Waals surface area contributed by atoms with Crippen LogP contribution in [0.4, 0.5) is 0 Å². The Morgan fingerprint density at radius 2 is 2.10 bits per heavy atom. The molecule has 0 aliphatic heterocycles. The molecule has 2 saturated carbocycles. The largest absolute Gasteiger partial charge is 0.365 e. The zero-order valence-electron chi connectivity index (χ0n) is 11.3. The van der Waals surface area contributed by atoms with Gasteiger partial charge >= 0.3 is 0 Å². The van der Waals surface area contributed by atoms with Crippen molar-refractivity contribution < 1.29 is 18.0 Å². The molecule has 8 heteroatoms. The predicted octanol–water partition coefficient (Wildman–Crippen LogP) is 1.23. The Morgan fingerprint density at radius 3 is 2.71 bits per heavy atom. The molecule has 1 aromatic rings. The highest BCUT2D eigenvalue weighted by Crippen LogP contribution is 2.61. The molecule has 3 rings (SSSR count). The van der Waals surface area contributed by atoms with Gasteiger partial charge in [0.2, 0.25) is 5.91 Å². The van der Waals surface area contributed by atoms with Crippen molar-refractivity contribution >= 4 is 33.2 Å². The normalized spacial score (nSPS) is 27.7. The summed E-state index contributed by atoms with van der Waals surface area (Å²) in [5, 5.41) is 0. The van der Waals surface area contributed by atoms with E-state index in [9.17, 15) is 18.0 Å². The van der Waals surface area contributed by atoms with Crippen molar-refractivity contribution in [2.75, 3.05) is 0 Å². The van der Waals surface area contributed by atoms with Gasteiger partial charge in [-0.05, 0) is 37.3 Å². The number of primary amides is 1. The lowest BCUT2D eigenvalue weighted by Gasteiger charge is -2.20. The fourth-order valence-electron chi connectivity index (χ4n) is 3.16. The molecule has 0 bridgehead atoms. The van der Waals surface area contributed by atoms with Crippen LogP contribution in [0.15, 0.2) is 16.3 Å². The van der Waals surface area contributed by atoms with Crippen molar-refractivity contribution in [2.24, 2.45) is 17.1 Å². The maximum absolute atomic E-state index is 12.3. The predicted molar refractivity (Wildman–Crippen MR) is 77.2 cm³/mol. The summed E-state index contributed by atoms with van der Waals surface area (Å²) in [5.74, 6) is -0.756. The van der Waals surface area contributed by atoms with Gasteiger partial charge in [-0.1, -0.05) is 12.8 Å². The number of carbonyl (C=O) groups excluding carboxylic acids is 2. The van der Waals surface area contributed by atoms with E-state index in [0.717, 1.165) is 43.4 Å². The average Bonchev–Trinajstić information content (AvgIpc) is 2.95. The second-order valence-corrected chi connectivity index (χ2v) is 8.71. The van der Waals surface area contributed by atoms with E-state index < -0.39 is 27.3 Å². The van der Waals surface area contributed by atoms with Crippen LogP contribution in [0.1, 0.15) is 41.8 Å². The monoisotopic (exact) mass is 328 g/mol. The van der Waals surface area contributed by atoms with Gasteiger partial charge < -0.3 is 5.73 Å². The lowest BCUT2D eigenvalue weighted by molar-refractivity contribution is -0.125. The maximum atomic E-state index is 12.3. The number of nitrogens with one attached hydrogen (secondary N) is 1. The highest BCUT2D eigenvalue weighted by atomic mass is 32.2. The Balaban J connectivity index is 1.77. The van der Waals surface area contributed by atoms with Gasteiger partial charge in [0.25, 0.3) is 15.9 Å². The van der Waals surface area contributed by atoms with Gasteiger partial charge in [-0.25, -0.2) is 13.1 Å². The van der Waals surface area contributed by atoms with Gasteiger partial charge in [-0.3, -0.25) is 9.59 Å². The molecule has 0 saturated heterocycles. The molecule has 0 radical (unpaired) electrons. The molecular weight excluding hydrogens is 312 g/mol. The molecule has 2 aliphatic rings. The first-order valence-electron chi connectivity index (χ1n) is 6.82. The van der Waals surface area contributed by atoms with E-state index in [4.69, 9.17) is 5.73 Å². The average molecular weight is 328 g/mol. The standard InChI is InChI=1S/C13H16N2O4S2/c14-11(16)9-4-5-10(20-9)21(18,19)15-12(17)13-6-2-1-3-8(13)7-13/h4-5,8H,1-3,6-7H2,(H2,14,16)(H,15,17). The van der Waals surface area contributed by atoms with E-state index in [1.165, 1.54) is 12.1 Å². The molecule has 1 aromatic heterocycles. The van der Waals surface area contributed by atoms with Crippen LogP contribution in [0.3, 0.4) is 0 Å². The summed E-state index contributed by atoms with van der Waals surface area (Å²) in [6.45, 7) is 0. The topological polar surface area (TPSA) is 106 Å². The van der Waals surface area contributed by atoms with E-state index in [0.29, 0.717) is 5.92 Å². The number of nitrogens with two attached hydrogens (primary N) is 1. The van der Waals surface area contributed by atoms with Crippen LogP contribution in [0.2, 0.25) is 0 Å². The number of rotatable bonds is 4. The summed E-state index contributed by atoms with van der Waals surface area (Å²) in [6.07, 6.45) is 4.62. The van der Waals surface area contributed by atoms with Crippen LogP contribution in [-0.4, -0.2) is 20.2 Å². The molecular formula is C13H16N2O4S2. The van der Waals surface area contributed by atoms with Crippen molar-refractivity contribution in [3.8, 4) is 0 Å². The zero-order chi connectivity index (χ0) is 15.3. The van der Waals surface area contributed by atoms with Gasteiger partial charge in [0, 0.05) is 0 Å². The second kappa shape index (κ2) is 4.81. The van der Waals surface area contributed by atoms with Crippen molar-refractivity contribution in [3.63, 3.8) is 0 Å². The summed E-state index contributed by atoms with van der Waals surface area (Å²) < 4.78 is 26.5. The molecule has 0 aromatic carbocycles. The number of carbonyl (C=O) groups is 2. The second-order valence-electron chi connectivity index (χ2n) is 5.72. The SMILES string of the molecule is NC(=O)c1ccc(S(=O)(=O)NC(=O)C23CCCCC2C3)s1. The third-order valence-corrected chi connectivity index (χ3v) is 7.35. The van der Waals surface area contributed by atoms with Gasteiger partial charge in [-0.15, -0.1) is 11.3 Å². The molecule has 21 heavy (non-hydrogen) atoms. The molecule has 2 amide bonds. The third-order valence-electron chi connectivity index (χ3n) is 4.43. The fourth-order valence-corrected chi connectivity index (χ4v) is 5.38.